The molecule has 1 unspecified atom stereocenters. The van der Waals surface area contributed by atoms with Gasteiger partial charge in [0.1, 0.15) is 12.6 Å². The molecule has 1 fully saturated rings. The molecule has 8 heteroatoms. The number of benzene rings is 2. The van der Waals surface area contributed by atoms with Gasteiger partial charge in [0, 0.05) is 18.2 Å². The number of amides is 4. The largest absolute Gasteiger partial charge is 0.344 e. The minimum Gasteiger partial charge on any atom is -0.344 e. The average molecular weight is 434 g/mol. The van der Waals surface area contributed by atoms with Gasteiger partial charge in [-0.05, 0) is 55.2 Å². The zero-order chi connectivity index (χ0) is 22.7. The van der Waals surface area contributed by atoms with E-state index in [1.807, 2.05) is 6.07 Å². The van der Waals surface area contributed by atoms with Gasteiger partial charge >= 0.3 is 0 Å². The first kappa shape index (κ1) is 21.5. The van der Waals surface area contributed by atoms with Gasteiger partial charge in [0.05, 0.1) is 11.4 Å². The van der Waals surface area contributed by atoms with Crippen LogP contribution in [0.15, 0.2) is 48.5 Å². The van der Waals surface area contributed by atoms with Crippen LogP contribution in [0.2, 0.25) is 0 Å². The van der Waals surface area contributed by atoms with Crippen LogP contribution in [0, 0.1) is 5.92 Å². The van der Waals surface area contributed by atoms with Crippen molar-refractivity contribution in [3.8, 4) is 0 Å². The molecule has 8 nitrogen and oxygen atoms in total. The molecule has 0 aromatic heterocycles. The molecule has 2 aromatic rings. The Labute approximate surface area is 186 Å². The maximum atomic E-state index is 13.1. The van der Waals surface area contributed by atoms with Gasteiger partial charge in [-0.3, -0.25) is 24.1 Å². The highest BCUT2D eigenvalue weighted by Gasteiger charge is 2.31. The Morgan fingerprint density at radius 3 is 2.41 bits per heavy atom. The topological polar surface area (TPSA) is 108 Å². The van der Waals surface area contributed by atoms with Gasteiger partial charge in [0.15, 0.2) is 0 Å². The van der Waals surface area contributed by atoms with E-state index in [1.54, 1.807) is 42.5 Å². The average Bonchev–Trinajstić information content (AvgIpc) is 3.31. The maximum absolute atomic E-state index is 13.1. The molecule has 1 aliphatic heterocycles. The summed E-state index contributed by atoms with van der Waals surface area (Å²) in [5, 5.41) is 8.39. The number of hydrogen-bond donors (Lipinski definition) is 3. The summed E-state index contributed by atoms with van der Waals surface area (Å²) in [6.07, 6.45) is 3.94. The molecule has 3 N–H and O–H groups in total. The van der Waals surface area contributed by atoms with E-state index in [9.17, 15) is 19.2 Å². The Bertz CT molecular complexity index is 1040. The van der Waals surface area contributed by atoms with Crippen LogP contribution < -0.4 is 20.9 Å². The lowest BCUT2D eigenvalue weighted by Crippen LogP contribution is -2.47. The van der Waals surface area contributed by atoms with Crippen LogP contribution >= 0.6 is 0 Å². The Kier molecular flexibility index (Phi) is 6.20. The molecule has 2 aliphatic rings. The second-order valence-electron chi connectivity index (χ2n) is 8.25. The van der Waals surface area contributed by atoms with E-state index in [1.165, 1.54) is 11.8 Å². The number of nitrogens with one attached hydrogen (secondary N) is 3. The molecular formula is C24H26N4O4. The zero-order valence-electron chi connectivity index (χ0n) is 17.9. The zero-order valence-corrected chi connectivity index (χ0v) is 17.9. The summed E-state index contributed by atoms with van der Waals surface area (Å²) in [4.78, 5) is 50.9. The highest BCUT2D eigenvalue weighted by atomic mass is 16.2. The summed E-state index contributed by atoms with van der Waals surface area (Å²) in [5.74, 6) is -0.911. The predicted octanol–water partition coefficient (Wildman–Crippen LogP) is 2.92. The highest BCUT2D eigenvalue weighted by Crippen LogP contribution is 2.31. The van der Waals surface area contributed by atoms with E-state index >= 15 is 0 Å². The minimum absolute atomic E-state index is 0.0614. The van der Waals surface area contributed by atoms with E-state index in [0.29, 0.717) is 22.6 Å². The number of para-hydroxylation sites is 2. The van der Waals surface area contributed by atoms with Crippen molar-refractivity contribution in [2.75, 3.05) is 22.1 Å². The third-order valence-corrected chi connectivity index (χ3v) is 5.93. The fourth-order valence-electron chi connectivity index (χ4n) is 4.39. The Morgan fingerprint density at radius 2 is 1.72 bits per heavy atom. The van der Waals surface area contributed by atoms with Crippen molar-refractivity contribution in [2.45, 2.75) is 38.6 Å². The molecule has 0 spiro atoms. The van der Waals surface area contributed by atoms with Gasteiger partial charge < -0.3 is 16.0 Å². The number of fused-ring (bicyclic) bond motifs is 1. The molecule has 4 amide bonds. The molecule has 1 saturated carbocycles. The van der Waals surface area contributed by atoms with Crippen molar-refractivity contribution in [1.82, 2.24) is 5.32 Å². The van der Waals surface area contributed by atoms with Crippen LogP contribution in [0.4, 0.5) is 17.1 Å². The summed E-state index contributed by atoms with van der Waals surface area (Å²) in [5.41, 5.74) is 2.18. The summed E-state index contributed by atoms with van der Waals surface area (Å²) in [7, 11) is 0. The van der Waals surface area contributed by atoms with Crippen LogP contribution in [0.3, 0.4) is 0 Å². The minimum atomic E-state index is -0.570. The van der Waals surface area contributed by atoms with E-state index in [4.69, 9.17) is 0 Å². The Morgan fingerprint density at radius 1 is 1.03 bits per heavy atom. The molecule has 0 radical (unpaired) electrons. The predicted molar refractivity (Wildman–Crippen MR) is 121 cm³/mol. The number of carbonyl (C=O) groups excluding carboxylic acids is 4. The molecule has 2 aromatic carbocycles. The quantitative estimate of drug-likeness (QED) is 0.672. The number of nitrogens with zero attached hydrogens (tertiary/aromatic N) is 1. The van der Waals surface area contributed by atoms with Crippen molar-refractivity contribution in [3.63, 3.8) is 0 Å². The molecule has 0 saturated heterocycles. The molecule has 166 valence electrons. The fraction of sp³-hybridized carbons (Fsp3) is 0.333. The fourth-order valence-corrected chi connectivity index (χ4v) is 4.39. The van der Waals surface area contributed by atoms with E-state index < -0.39 is 6.04 Å². The summed E-state index contributed by atoms with van der Waals surface area (Å²) < 4.78 is 0. The van der Waals surface area contributed by atoms with Gasteiger partial charge in [0.25, 0.3) is 5.91 Å². The van der Waals surface area contributed by atoms with Crippen LogP contribution in [0.1, 0.15) is 43.0 Å². The lowest BCUT2D eigenvalue weighted by Gasteiger charge is -2.29. The van der Waals surface area contributed by atoms with Gasteiger partial charge in [-0.15, -0.1) is 0 Å². The van der Waals surface area contributed by atoms with Crippen molar-refractivity contribution in [1.29, 1.82) is 0 Å². The second-order valence-corrected chi connectivity index (χ2v) is 8.25. The van der Waals surface area contributed by atoms with Crippen LogP contribution in [0.25, 0.3) is 0 Å². The van der Waals surface area contributed by atoms with Crippen molar-refractivity contribution < 1.29 is 19.2 Å². The van der Waals surface area contributed by atoms with Crippen molar-refractivity contribution in [2.24, 2.45) is 5.92 Å². The Balaban J connectivity index is 1.47. The number of hydrogen-bond acceptors (Lipinski definition) is 4. The lowest BCUT2D eigenvalue weighted by molar-refractivity contribution is -0.126. The van der Waals surface area contributed by atoms with Crippen LogP contribution in [-0.2, 0) is 14.4 Å². The smallest absolute Gasteiger partial charge is 0.258 e. The third-order valence-electron chi connectivity index (χ3n) is 5.93. The van der Waals surface area contributed by atoms with Gasteiger partial charge in [-0.2, -0.15) is 0 Å². The lowest BCUT2D eigenvalue weighted by atomic mass is 9.97. The summed E-state index contributed by atoms with van der Waals surface area (Å²) in [6.45, 7) is 1.35. The standard InChI is InChI=1S/C24H26N4O4/c1-15(29)25-22(16-6-2-3-7-16)23(31)26-18-12-10-17(11-13-18)24(32)28-14-21(30)27-19-8-4-5-9-20(19)28/h4-5,8-13,16,22H,2-3,6-7,14H2,1H3,(H,25,29)(H,26,31)(H,27,30). The normalized spacial score (nSPS) is 16.7. The first-order valence-corrected chi connectivity index (χ1v) is 10.8. The van der Waals surface area contributed by atoms with Gasteiger partial charge in [-0.1, -0.05) is 25.0 Å². The first-order chi connectivity index (χ1) is 15.4. The molecule has 1 atom stereocenters. The molecule has 1 heterocycles. The van der Waals surface area contributed by atoms with Gasteiger partial charge in [-0.25, -0.2) is 0 Å². The molecule has 32 heavy (non-hydrogen) atoms. The molecule has 0 bridgehead atoms. The SMILES string of the molecule is CC(=O)NC(C(=O)Nc1ccc(C(=O)N2CC(=O)Nc3ccccc32)cc1)C1CCCC1. The summed E-state index contributed by atoms with van der Waals surface area (Å²) >= 11 is 0. The van der Waals surface area contributed by atoms with Crippen LogP contribution in [0.5, 0.6) is 0 Å². The molecule has 4 rings (SSSR count). The molecular weight excluding hydrogens is 408 g/mol. The second kappa shape index (κ2) is 9.21. The first-order valence-electron chi connectivity index (χ1n) is 10.8. The van der Waals surface area contributed by atoms with E-state index in [2.05, 4.69) is 16.0 Å². The van der Waals surface area contributed by atoms with Crippen molar-refractivity contribution in [3.05, 3.63) is 54.1 Å². The summed E-state index contributed by atoms with van der Waals surface area (Å²) in [6, 6.07) is 13.1. The number of rotatable bonds is 5. The van der Waals surface area contributed by atoms with Crippen LogP contribution in [-0.4, -0.2) is 36.2 Å². The van der Waals surface area contributed by atoms with E-state index in [0.717, 1.165) is 25.7 Å². The number of anilines is 3. The number of carbonyl (C=O) groups is 4. The monoisotopic (exact) mass is 434 g/mol. The highest BCUT2D eigenvalue weighted by molar-refractivity contribution is 6.15. The van der Waals surface area contributed by atoms with Crippen molar-refractivity contribution >= 4 is 40.7 Å². The van der Waals surface area contributed by atoms with E-state index in [-0.39, 0.29) is 36.1 Å². The van der Waals surface area contributed by atoms with Gasteiger partial charge in [0.2, 0.25) is 17.7 Å². The maximum Gasteiger partial charge on any atom is 0.258 e. The third kappa shape index (κ3) is 4.64. The molecule has 1 aliphatic carbocycles. The Hall–Kier alpha value is -3.68.